The van der Waals surface area contributed by atoms with Gasteiger partial charge in [0.2, 0.25) is 5.91 Å². The van der Waals surface area contributed by atoms with Crippen molar-refractivity contribution < 1.29 is 4.79 Å². The van der Waals surface area contributed by atoms with Crippen LogP contribution in [0, 0.1) is 13.8 Å². The molecular weight excluding hydrogens is 502 g/mol. The molecule has 2 aromatic heterocycles. The number of hydrogen-bond acceptors (Lipinski definition) is 3. The topological polar surface area (TPSA) is 62.2 Å². The third-order valence-electron chi connectivity index (χ3n) is 7.37. The van der Waals surface area contributed by atoms with Crippen molar-refractivity contribution in [3.63, 3.8) is 0 Å². The van der Waals surface area contributed by atoms with Gasteiger partial charge in [0.05, 0.1) is 23.5 Å². The zero-order chi connectivity index (χ0) is 26.9. The quantitative estimate of drug-likeness (QED) is 0.254. The summed E-state index contributed by atoms with van der Waals surface area (Å²) in [6, 6.07) is 32.0. The average molecular weight is 532 g/mol. The summed E-state index contributed by atoms with van der Waals surface area (Å²) in [4.78, 5) is 19.8. The second-order valence-corrected chi connectivity index (χ2v) is 10.2. The van der Waals surface area contributed by atoms with Crippen LogP contribution in [0.1, 0.15) is 34.7 Å². The van der Waals surface area contributed by atoms with Gasteiger partial charge in [-0.1, -0.05) is 60.7 Å². The number of para-hydroxylation sites is 1. The molecule has 3 aromatic carbocycles. The number of thiocarbonyl (C=S) groups is 1. The number of carbonyl (C=O) groups excluding carboxylic acids is 1. The zero-order valence-electron chi connectivity index (χ0n) is 21.8. The van der Waals surface area contributed by atoms with Gasteiger partial charge in [-0.25, -0.2) is 0 Å². The Morgan fingerprint density at radius 3 is 2.49 bits per heavy atom. The summed E-state index contributed by atoms with van der Waals surface area (Å²) in [5.74, 6) is -0.125. The zero-order valence-corrected chi connectivity index (χ0v) is 22.7. The molecule has 6 rings (SSSR count). The molecule has 39 heavy (non-hydrogen) atoms. The highest BCUT2D eigenvalue weighted by atomic mass is 32.1. The Hall–Kier alpha value is -4.49. The number of pyridine rings is 1. The fraction of sp³-hybridized carbons (Fsp3) is 0.156. The number of nitrogens with zero attached hydrogens (tertiary/aromatic N) is 3. The van der Waals surface area contributed by atoms with E-state index in [-0.39, 0.29) is 24.5 Å². The highest BCUT2D eigenvalue weighted by Gasteiger charge is 2.42. The molecular formula is C32H29N5OS. The van der Waals surface area contributed by atoms with Crippen molar-refractivity contribution >= 4 is 39.7 Å². The smallest absolute Gasteiger partial charge is 0.244 e. The largest absolute Gasteiger partial charge is 0.352 e. The summed E-state index contributed by atoms with van der Waals surface area (Å²) in [5, 5.41) is 9.39. The van der Waals surface area contributed by atoms with E-state index in [1.54, 1.807) is 6.20 Å². The van der Waals surface area contributed by atoms with E-state index in [2.05, 4.69) is 82.6 Å². The molecule has 194 valence electrons. The van der Waals surface area contributed by atoms with Crippen LogP contribution < -0.4 is 10.6 Å². The van der Waals surface area contributed by atoms with E-state index in [9.17, 15) is 4.79 Å². The Bertz CT molecular complexity index is 1660. The molecule has 1 fully saturated rings. The number of hydrogen-bond donors (Lipinski definition) is 2. The lowest BCUT2D eigenvalue weighted by Crippen LogP contribution is -2.37. The molecule has 7 heteroatoms. The van der Waals surface area contributed by atoms with Crippen LogP contribution in [0.15, 0.2) is 103 Å². The molecule has 0 radical (unpaired) electrons. The number of nitrogens with one attached hydrogen (secondary N) is 2. The second-order valence-electron chi connectivity index (χ2n) is 9.83. The van der Waals surface area contributed by atoms with Crippen molar-refractivity contribution in [2.75, 3.05) is 11.9 Å². The molecule has 6 nitrogen and oxygen atoms in total. The van der Waals surface area contributed by atoms with Crippen molar-refractivity contribution in [3.05, 3.63) is 126 Å². The maximum absolute atomic E-state index is 13.2. The molecule has 2 N–H and O–H groups in total. The van der Waals surface area contributed by atoms with Gasteiger partial charge in [-0.05, 0) is 73.4 Å². The van der Waals surface area contributed by atoms with E-state index in [1.807, 2.05) is 53.4 Å². The van der Waals surface area contributed by atoms with Crippen LogP contribution in [0.5, 0.6) is 0 Å². The fourth-order valence-electron chi connectivity index (χ4n) is 5.65. The number of anilines is 1. The Morgan fingerprint density at radius 2 is 1.69 bits per heavy atom. The van der Waals surface area contributed by atoms with Crippen molar-refractivity contribution in [1.82, 2.24) is 19.8 Å². The van der Waals surface area contributed by atoms with E-state index in [0.29, 0.717) is 5.11 Å². The first kappa shape index (κ1) is 24.8. The molecule has 0 bridgehead atoms. The Labute approximate surface area is 233 Å². The van der Waals surface area contributed by atoms with Gasteiger partial charge in [0.1, 0.15) is 6.54 Å². The van der Waals surface area contributed by atoms with Crippen molar-refractivity contribution in [2.45, 2.75) is 25.9 Å². The van der Waals surface area contributed by atoms with Crippen LogP contribution in [0.25, 0.3) is 16.5 Å². The third-order valence-corrected chi connectivity index (χ3v) is 7.72. The Morgan fingerprint density at radius 1 is 0.949 bits per heavy atom. The summed E-state index contributed by atoms with van der Waals surface area (Å²) < 4.78 is 2.30. The standard InChI is InChI=1S/C32H29N5OS/c1-21-19-26(22(2)37(21)28-17-10-12-23-11-6-7-15-25(23)28)31-30(27-16-8-9-18-33-27)35-32(39)36(31)20-29(38)34-24-13-4-3-5-14-24/h3-19,30-31H,20H2,1-2H3,(H,34,38)(H,35,39). The van der Waals surface area contributed by atoms with Crippen molar-refractivity contribution in [2.24, 2.45) is 0 Å². The van der Waals surface area contributed by atoms with Crippen LogP contribution in [-0.2, 0) is 4.79 Å². The lowest BCUT2D eigenvalue weighted by Gasteiger charge is -2.27. The molecule has 2 unspecified atom stereocenters. The van der Waals surface area contributed by atoms with Gasteiger partial charge in [0.25, 0.3) is 0 Å². The van der Waals surface area contributed by atoms with E-state index in [0.717, 1.165) is 34.0 Å². The van der Waals surface area contributed by atoms with Gasteiger partial charge in [-0.15, -0.1) is 0 Å². The van der Waals surface area contributed by atoms with Crippen LogP contribution in [0.2, 0.25) is 0 Å². The first-order chi connectivity index (χ1) is 19.0. The summed E-state index contributed by atoms with van der Waals surface area (Å²) in [7, 11) is 0. The number of aryl methyl sites for hydroxylation is 1. The average Bonchev–Trinajstić information content (AvgIpc) is 3.43. The fourth-order valence-corrected chi connectivity index (χ4v) is 5.96. The maximum atomic E-state index is 13.2. The molecule has 0 aliphatic carbocycles. The minimum Gasteiger partial charge on any atom is -0.352 e. The molecule has 0 spiro atoms. The third kappa shape index (κ3) is 4.66. The van der Waals surface area contributed by atoms with E-state index < -0.39 is 0 Å². The summed E-state index contributed by atoms with van der Waals surface area (Å²) in [6.45, 7) is 4.39. The molecule has 5 aromatic rings. The van der Waals surface area contributed by atoms with E-state index >= 15 is 0 Å². The van der Waals surface area contributed by atoms with Crippen LogP contribution >= 0.6 is 12.2 Å². The molecule has 2 atom stereocenters. The van der Waals surface area contributed by atoms with Gasteiger partial charge >= 0.3 is 0 Å². The minimum absolute atomic E-state index is 0.118. The van der Waals surface area contributed by atoms with Crippen LogP contribution in [0.3, 0.4) is 0 Å². The van der Waals surface area contributed by atoms with Crippen molar-refractivity contribution in [1.29, 1.82) is 0 Å². The normalized spacial score (nSPS) is 16.9. The molecule has 1 aliphatic heterocycles. The Balaban J connectivity index is 1.43. The predicted octanol–water partition coefficient (Wildman–Crippen LogP) is 6.25. The van der Waals surface area contributed by atoms with Crippen LogP contribution in [0.4, 0.5) is 5.69 Å². The summed E-state index contributed by atoms with van der Waals surface area (Å²) in [6.07, 6.45) is 1.79. The van der Waals surface area contributed by atoms with Crippen LogP contribution in [-0.4, -0.2) is 32.0 Å². The lowest BCUT2D eigenvalue weighted by molar-refractivity contribution is -0.116. The minimum atomic E-state index is -0.219. The number of carbonyl (C=O) groups is 1. The molecule has 1 amide bonds. The first-order valence-electron chi connectivity index (χ1n) is 13.0. The molecule has 3 heterocycles. The summed E-state index contributed by atoms with van der Waals surface area (Å²) in [5.41, 5.74) is 6.10. The summed E-state index contributed by atoms with van der Waals surface area (Å²) >= 11 is 5.82. The maximum Gasteiger partial charge on any atom is 0.244 e. The second kappa shape index (κ2) is 10.3. The SMILES string of the molecule is Cc1cc(C2C(c3ccccn3)NC(=S)N2CC(=O)Nc2ccccc2)c(C)n1-c1cccc2ccccc12. The number of aromatic nitrogens is 2. The van der Waals surface area contributed by atoms with Crippen molar-refractivity contribution in [3.8, 4) is 5.69 Å². The van der Waals surface area contributed by atoms with E-state index in [4.69, 9.17) is 12.2 Å². The number of fused-ring (bicyclic) bond motifs is 1. The number of amides is 1. The first-order valence-corrected chi connectivity index (χ1v) is 13.4. The lowest BCUT2D eigenvalue weighted by atomic mass is 9.96. The highest BCUT2D eigenvalue weighted by Crippen LogP contribution is 2.41. The number of rotatable bonds is 6. The molecule has 1 saturated heterocycles. The van der Waals surface area contributed by atoms with Gasteiger partial charge in [0.15, 0.2) is 5.11 Å². The highest BCUT2D eigenvalue weighted by molar-refractivity contribution is 7.80. The number of benzene rings is 3. The predicted molar refractivity (Wildman–Crippen MR) is 160 cm³/mol. The van der Waals surface area contributed by atoms with Gasteiger partial charge in [0, 0.05) is 28.7 Å². The van der Waals surface area contributed by atoms with E-state index in [1.165, 1.54) is 10.8 Å². The Kier molecular flexibility index (Phi) is 6.59. The van der Waals surface area contributed by atoms with Gasteiger partial charge in [-0.3, -0.25) is 9.78 Å². The van der Waals surface area contributed by atoms with Gasteiger partial charge < -0.3 is 20.1 Å². The molecule has 1 aliphatic rings. The monoisotopic (exact) mass is 531 g/mol. The molecule has 0 saturated carbocycles. The van der Waals surface area contributed by atoms with Gasteiger partial charge in [-0.2, -0.15) is 0 Å².